The highest BCUT2D eigenvalue weighted by atomic mass is 16.5. The summed E-state index contributed by atoms with van der Waals surface area (Å²) < 4.78 is 4.88. The van der Waals surface area contributed by atoms with Crippen LogP contribution in [0.5, 0.6) is 6.01 Å². The van der Waals surface area contributed by atoms with E-state index < -0.39 is 0 Å². The Balaban J connectivity index is 1.95. The Morgan fingerprint density at radius 3 is 2.86 bits per heavy atom. The van der Waals surface area contributed by atoms with Crippen molar-refractivity contribution in [2.75, 3.05) is 25.5 Å². The molecule has 0 saturated carbocycles. The zero-order valence-electron chi connectivity index (χ0n) is 8.16. The molecule has 5 heteroatoms. The fourth-order valence-electron chi connectivity index (χ4n) is 1.51. The number of hydrogen-bond donors (Lipinski definition) is 2. The fourth-order valence-corrected chi connectivity index (χ4v) is 1.51. The minimum atomic E-state index is 0.403. The number of hydrogen-bond acceptors (Lipinski definition) is 5. The van der Waals surface area contributed by atoms with Gasteiger partial charge >= 0.3 is 6.01 Å². The van der Waals surface area contributed by atoms with Gasteiger partial charge in [0.25, 0.3) is 0 Å². The van der Waals surface area contributed by atoms with Gasteiger partial charge in [0.15, 0.2) is 0 Å². The number of rotatable bonds is 3. The molecule has 0 aromatic carbocycles. The van der Waals surface area contributed by atoms with Crippen LogP contribution in [0.1, 0.15) is 6.42 Å². The largest absolute Gasteiger partial charge is 0.467 e. The Hall–Kier alpha value is -1.36. The average Bonchev–Trinajstić information content (AvgIpc) is 2.72. The zero-order chi connectivity index (χ0) is 9.80. The Kier molecular flexibility index (Phi) is 2.78. The molecule has 76 valence electrons. The predicted molar refractivity (Wildman–Crippen MR) is 53.5 cm³/mol. The van der Waals surface area contributed by atoms with E-state index >= 15 is 0 Å². The minimum absolute atomic E-state index is 0.403. The van der Waals surface area contributed by atoms with Gasteiger partial charge in [-0.05, 0) is 13.0 Å². The quantitative estimate of drug-likeness (QED) is 0.722. The zero-order valence-corrected chi connectivity index (χ0v) is 8.16. The van der Waals surface area contributed by atoms with Gasteiger partial charge in [0.05, 0.1) is 25.2 Å². The van der Waals surface area contributed by atoms with Gasteiger partial charge in [0, 0.05) is 12.6 Å². The summed E-state index contributed by atoms with van der Waals surface area (Å²) in [6, 6.07) is 0.895. The lowest BCUT2D eigenvalue weighted by molar-refractivity contribution is 0.380. The second-order valence-electron chi connectivity index (χ2n) is 3.29. The smallest absolute Gasteiger partial charge is 0.316 e. The van der Waals surface area contributed by atoms with Crippen molar-refractivity contribution in [3.63, 3.8) is 0 Å². The van der Waals surface area contributed by atoms with Crippen LogP contribution in [-0.4, -0.2) is 36.2 Å². The summed E-state index contributed by atoms with van der Waals surface area (Å²) in [7, 11) is 1.56. The van der Waals surface area contributed by atoms with Crippen molar-refractivity contribution in [1.82, 2.24) is 15.3 Å². The molecule has 1 saturated heterocycles. The average molecular weight is 194 g/mol. The summed E-state index contributed by atoms with van der Waals surface area (Å²) in [5.74, 6) is 0. The molecule has 14 heavy (non-hydrogen) atoms. The Labute approximate surface area is 82.9 Å². The SMILES string of the molecule is COc1ncc(NC2CCNC2)cn1. The number of anilines is 1. The maximum Gasteiger partial charge on any atom is 0.316 e. The van der Waals surface area contributed by atoms with Crippen LogP contribution >= 0.6 is 0 Å². The molecule has 1 atom stereocenters. The van der Waals surface area contributed by atoms with Gasteiger partial charge in [-0.1, -0.05) is 0 Å². The summed E-state index contributed by atoms with van der Waals surface area (Å²) in [6.07, 6.45) is 4.63. The summed E-state index contributed by atoms with van der Waals surface area (Å²) >= 11 is 0. The molecule has 0 aliphatic carbocycles. The molecule has 1 fully saturated rings. The van der Waals surface area contributed by atoms with E-state index in [0.29, 0.717) is 12.1 Å². The van der Waals surface area contributed by atoms with Gasteiger partial charge in [-0.2, -0.15) is 0 Å². The summed E-state index contributed by atoms with van der Waals surface area (Å²) in [5.41, 5.74) is 0.944. The second-order valence-corrected chi connectivity index (χ2v) is 3.29. The number of nitrogens with zero attached hydrogens (tertiary/aromatic N) is 2. The van der Waals surface area contributed by atoms with Crippen LogP contribution in [0.15, 0.2) is 12.4 Å². The maximum absolute atomic E-state index is 4.88. The molecule has 0 amide bonds. The predicted octanol–water partition coefficient (Wildman–Crippen LogP) is 0.259. The number of methoxy groups -OCH3 is 1. The van der Waals surface area contributed by atoms with Crippen LogP contribution in [0.3, 0.4) is 0 Å². The van der Waals surface area contributed by atoms with E-state index in [1.54, 1.807) is 19.5 Å². The van der Waals surface area contributed by atoms with Gasteiger partial charge in [-0.3, -0.25) is 0 Å². The molecule has 0 bridgehead atoms. The van der Waals surface area contributed by atoms with E-state index in [1.165, 1.54) is 0 Å². The van der Waals surface area contributed by atoms with Crippen molar-refractivity contribution in [3.05, 3.63) is 12.4 Å². The summed E-state index contributed by atoms with van der Waals surface area (Å²) in [6.45, 7) is 2.08. The van der Waals surface area contributed by atoms with Crippen LogP contribution in [-0.2, 0) is 0 Å². The van der Waals surface area contributed by atoms with E-state index in [-0.39, 0.29) is 0 Å². The molecule has 1 aromatic rings. The van der Waals surface area contributed by atoms with Crippen molar-refractivity contribution in [3.8, 4) is 6.01 Å². The molecule has 2 N–H and O–H groups in total. The van der Waals surface area contributed by atoms with Gasteiger partial charge in [0.2, 0.25) is 0 Å². The van der Waals surface area contributed by atoms with Crippen molar-refractivity contribution >= 4 is 5.69 Å². The second kappa shape index (κ2) is 4.23. The van der Waals surface area contributed by atoms with Crippen molar-refractivity contribution in [2.24, 2.45) is 0 Å². The third-order valence-corrected chi connectivity index (χ3v) is 2.24. The molecular weight excluding hydrogens is 180 g/mol. The highest BCUT2D eigenvalue weighted by Crippen LogP contribution is 2.10. The monoisotopic (exact) mass is 194 g/mol. The Morgan fingerprint density at radius 1 is 1.50 bits per heavy atom. The molecule has 1 aliphatic rings. The van der Waals surface area contributed by atoms with E-state index in [2.05, 4.69) is 20.6 Å². The van der Waals surface area contributed by atoms with E-state index in [1.807, 2.05) is 0 Å². The normalized spacial score (nSPS) is 20.8. The van der Waals surface area contributed by atoms with Gasteiger partial charge < -0.3 is 15.4 Å². The molecule has 2 heterocycles. The summed E-state index contributed by atoms with van der Waals surface area (Å²) in [5, 5.41) is 6.64. The standard InChI is InChI=1S/C9H14N4O/c1-14-9-11-5-8(6-12-9)13-7-2-3-10-4-7/h5-7,10,13H,2-4H2,1H3. The minimum Gasteiger partial charge on any atom is -0.467 e. The molecule has 0 radical (unpaired) electrons. The highest BCUT2D eigenvalue weighted by Gasteiger charge is 2.13. The van der Waals surface area contributed by atoms with Gasteiger partial charge in [-0.25, -0.2) is 9.97 Å². The third kappa shape index (κ3) is 2.11. The first kappa shape index (κ1) is 9.21. The highest BCUT2D eigenvalue weighted by molar-refractivity contribution is 5.39. The fraction of sp³-hybridized carbons (Fsp3) is 0.556. The van der Waals surface area contributed by atoms with Crippen molar-refractivity contribution < 1.29 is 4.74 Å². The molecule has 0 spiro atoms. The van der Waals surface area contributed by atoms with Crippen LogP contribution < -0.4 is 15.4 Å². The van der Waals surface area contributed by atoms with Crippen LogP contribution in [0.2, 0.25) is 0 Å². The molecule has 1 aromatic heterocycles. The van der Waals surface area contributed by atoms with Gasteiger partial charge in [0.1, 0.15) is 0 Å². The maximum atomic E-state index is 4.88. The number of nitrogens with one attached hydrogen (secondary N) is 2. The van der Waals surface area contributed by atoms with Crippen LogP contribution in [0.25, 0.3) is 0 Å². The summed E-state index contributed by atoms with van der Waals surface area (Å²) in [4.78, 5) is 8.05. The van der Waals surface area contributed by atoms with E-state index in [9.17, 15) is 0 Å². The van der Waals surface area contributed by atoms with Gasteiger partial charge in [-0.15, -0.1) is 0 Å². The van der Waals surface area contributed by atoms with E-state index in [4.69, 9.17) is 4.74 Å². The Morgan fingerprint density at radius 2 is 2.29 bits per heavy atom. The molecule has 5 nitrogen and oxygen atoms in total. The van der Waals surface area contributed by atoms with E-state index in [0.717, 1.165) is 25.2 Å². The third-order valence-electron chi connectivity index (χ3n) is 2.24. The molecule has 1 aliphatic heterocycles. The first-order chi connectivity index (χ1) is 6.88. The van der Waals surface area contributed by atoms with Crippen LogP contribution in [0, 0.1) is 0 Å². The molecular formula is C9H14N4O. The lowest BCUT2D eigenvalue weighted by atomic mass is 10.2. The Bertz CT molecular complexity index is 281. The first-order valence-corrected chi connectivity index (χ1v) is 4.72. The topological polar surface area (TPSA) is 59.1 Å². The number of ether oxygens (including phenoxy) is 1. The molecule has 2 rings (SSSR count). The lowest BCUT2D eigenvalue weighted by Crippen LogP contribution is -2.22. The van der Waals surface area contributed by atoms with Crippen LogP contribution in [0.4, 0.5) is 5.69 Å². The molecule has 1 unspecified atom stereocenters. The number of aromatic nitrogens is 2. The first-order valence-electron chi connectivity index (χ1n) is 4.72. The van der Waals surface area contributed by atoms with Crippen molar-refractivity contribution in [2.45, 2.75) is 12.5 Å². The van der Waals surface area contributed by atoms with Crippen molar-refractivity contribution in [1.29, 1.82) is 0 Å². The lowest BCUT2D eigenvalue weighted by Gasteiger charge is -2.11.